The molecule has 0 heterocycles. The summed E-state index contributed by atoms with van der Waals surface area (Å²) in [5, 5.41) is 0.904. The summed E-state index contributed by atoms with van der Waals surface area (Å²) < 4.78 is 1.14. The number of halogens is 2. The maximum Gasteiger partial charge on any atom is 0.0508 e. The van der Waals surface area contributed by atoms with E-state index in [1.54, 1.807) is 0 Å². The van der Waals surface area contributed by atoms with Crippen LogP contribution in [0.3, 0.4) is 0 Å². The topological polar surface area (TPSA) is 3.24 Å². The van der Waals surface area contributed by atoms with Gasteiger partial charge in [-0.15, -0.1) is 0 Å². The van der Waals surface area contributed by atoms with Crippen molar-refractivity contribution in [3.63, 3.8) is 0 Å². The molecular weight excluding hydrogens is 282 g/mol. The predicted octanol–water partition coefficient (Wildman–Crippen LogP) is 3.41. The molecule has 0 aliphatic heterocycles. The summed E-state index contributed by atoms with van der Waals surface area (Å²) in [7, 11) is 4.08. The van der Waals surface area contributed by atoms with E-state index in [1.165, 1.54) is 11.3 Å². The van der Waals surface area contributed by atoms with Gasteiger partial charge in [0, 0.05) is 23.9 Å². The smallest absolute Gasteiger partial charge is 0.0508 e. The van der Waals surface area contributed by atoms with E-state index >= 15 is 0 Å². The van der Waals surface area contributed by atoms with Crippen LogP contribution in [0.25, 0.3) is 0 Å². The van der Waals surface area contributed by atoms with E-state index in [4.69, 9.17) is 0 Å². The molecule has 1 nitrogen and oxygen atoms in total. The Morgan fingerprint density at radius 1 is 1.33 bits per heavy atom. The van der Waals surface area contributed by atoms with Crippen LogP contribution in [0.15, 0.2) is 22.7 Å². The summed E-state index contributed by atoms with van der Waals surface area (Å²) in [6.45, 7) is 0. The number of anilines is 1. The molecule has 12 heavy (non-hydrogen) atoms. The van der Waals surface area contributed by atoms with E-state index in [0.29, 0.717) is 0 Å². The van der Waals surface area contributed by atoms with Crippen LogP contribution in [0.5, 0.6) is 0 Å². The molecule has 0 fully saturated rings. The Balaban J connectivity index is 3.08. The molecular formula is C9H11Br2N. The molecule has 0 saturated heterocycles. The van der Waals surface area contributed by atoms with Gasteiger partial charge in [-0.1, -0.05) is 22.0 Å². The molecule has 0 spiro atoms. The minimum atomic E-state index is 0.904. The van der Waals surface area contributed by atoms with Gasteiger partial charge in [0.2, 0.25) is 0 Å². The van der Waals surface area contributed by atoms with Crippen molar-refractivity contribution in [1.82, 2.24) is 0 Å². The third-order valence-corrected chi connectivity index (χ3v) is 2.96. The lowest BCUT2D eigenvalue weighted by Crippen LogP contribution is -2.09. The van der Waals surface area contributed by atoms with Gasteiger partial charge in [-0.05, 0) is 33.6 Å². The number of hydrogen-bond acceptors (Lipinski definition) is 1. The van der Waals surface area contributed by atoms with Gasteiger partial charge in [-0.3, -0.25) is 0 Å². The predicted molar refractivity (Wildman–Crippen MR) is 61.1 cm³/mol. The number of rotatable bonds is 2. The largest absolute Gasteiger partial charge is 0.377 e. The molecule has 0 radical (unpaired) electrons. The van der Waals surface area contributed by atoms with Crippen LogP contribution < -0.4 is 4.90 Å². The van der Waals surface area contributed by atoms with Crippen LogP contribution >= 0.6 is 31.9 Å². The first-order chi connectivity index (χ1) is 5.65. The maximum atomic E-state index is 3.50. The van der Waals surface area contributed by atoms with Gasteiger partial charge < -0.3 is 4.90 Å². The quantitative estimate of drug-likeness (QED) is 0.755. The molecule has 0 aromatic heterocycles. The summed E-state index contributed by atoms with van der Waals surface area (Å²) in [4.78, 5) is 2.09. The van der Waals surface area contributed by atoms with Gasteiger partial charge in [-0.25, -0.2) is 0 Å². The zero-order valence-corrected chi connectivity index (χ0v) is 10.3. The first-order valence-corrected chi connectivity index (χ1v) is 5.58. The first-order valence-electron chi connectivity index (χ1n) is 3.67. The van der Waals surface area contributed by atoms with Crippen molar-refractivity contribution in [1.29, 1.82) is 0 Å². The molecule has 0 N–H and O–H groups in total. The lowest BCUT2D eigenvalue weighted by molar-refractivity contribution is 1.12. The Morgan fingerprint density at radius 2 is 2.00 bits per heavy atom. The number of alkyl halides is 1. The Morgan fingerprint density at radius 3 is 2.50 bits per heavy atom. The molecule has 3 heteroatoms. The summed E-state index contributed by atoms with van der Waals surface area (Å²) in [5.74, 6) is 0. The molecule has 1 aromatic carbocycles. The first kappa shape index (κ1) is 10.1. The second-order valence-electron chi connectivity index (χ2n) is 2.81. The Kier molecular flexibility index (Phi) is 3.59. The zero-order chi connectivity index (χ0) is 9.14. The highest BCUT2D eigenvalue weighted by Crippen LogP contribution is 2.26. The zero-order valence-electron chi connectivity index (χ0n) is 7.14. The second-order valence-corrected chi connectivity index (χ2v) is 4.23. The van der Waals surface area contributed by atoms with Gasteiger partial charge in [0.15, 0.2) is 0 Å². The van der Waals surface area contributed by atoms with Crippen LogP contribution in [-0.2, 0) is 5.33 Å². The van der Waals surface area contributed by atoms with E-state index < -0.39 is 0 Å². The Hall–Kier alpha value is -0.0200. The van der Waals surface area contributed by atoms with E-state index in [-0.39, 0.29) is 0 Å². The lowest BCUT2D eigenvalue weighted by atomic mass is 10.2. The van der Waals surface area contributed by atoms with E-state index in [9.17, 15) is 0 Å². The third-order valence-electron chi connectivity index (χ3n) is 1.65. The van der Waals surface area contributed by atoms with Crippen molar-refractivity contribution in [3.8, 4) is 0 Å². The van der Waals surface area contributed by atoms with Crippen molar-refractivity contribution in [3.05, 3.63) is 28.2 Å². The second kappa shape index (κ2) is 4.28. The molecule has 1 rings (SSSR count). The molecule has 0 saturated carbocycles. The summed E-state index contributed by atoms with van der Waals surface area (Å²) in [6.07, 6.45) is 0. The van der Waals surface area contributed by atoms with E-state index in [0.717, 1.165) is 9.80 Å². The Labute approximate surface area is 90.0 Å². The molecule has 66 valence electrons. The standard InChI is InChI=1S/C9H11Br2N/c1-12(2)9-5-7(6-10)3-4-8(9)11/h3-5H,6H2,1-2H3. The Bertz CT molecular complexity index is 271. The van der Waals surface area contributed by atoms with E-state index in [2.05, 4.69) is 55.0 Å². The van der Waals surface area contributed by atoms with Crippen LogP contribution in [0, 0.1) is 0 Å². The minimum absolute atomic E-state index is 0.904. The third kappa shape index (κ3) is 2.23. The van der Waals surface area contributed by atoms with Crippen molar-refractivity contribution in [2.45, 2.75) is 5.33 Å². The fourth-order valence-electron chi connectivity index (χ4n) is 0.984. The average molecular weight is 293 g/mol. The van der Waals surface area contributed by atoms with Crippen LogP contribution in [-0.4, -0.2) is 14.1 Å². The van der Waals surface area contributed by atoms with Gasteiger partial charge in [0.1, 0.15) is 0 Å². The highest BCUT2D eigenvalue weighted by molar-refractivity contribution is 9.10. The number of nitrogens with zero attached hydrogens (tertiary/aromatic N) is 1. The van der Waals surface area contributed by atoms with Crippen molar-refractivity contribution in [2.24, 2.45) is 0 Å². The van der Waals surface area contributed by atoms with Crippen LogP contribution in [0.4, 0.5) is 5.69 Å². The monoisotopic (exact) mass is 291 g/mol. The number of benzene rings is 1. The van der Waals surface area contributed by atoms with Crippen molar-refractivity contribution in [2.75, 3.05) is 19.0 Å². The SMILES string of the molecule is CN(C)c1cc(CBr)ccc1Br. The summed E-state index contributed by atoms with van der Waals surface area (Å²) >= 11 is 6.93. The molecule has 0 bridgehead atoms. The fraction of sp³-hybridized carbons (Fsp3) is 0.333. The van der Waals surface area contributed by atoms with Crippen LogP contribution in [0.1, 0.15) is 5.56 Å². The van der Waals surface area contributed by atoms with Crippen molar-refractivity contribution >= 4 is 37.5 Å². The molecule has 0 aliphatic carbocycles. The number of hydrogen-bond donors (Lipinski definition) is 0. The molecule has 1 aromatic rings. The maximum absolute atomic E-state index is 3.50. The van der Waals surface area contributed by atoms with E-state index in [1.807, 2.05) is 14.1 Å². The van der Waals surface area contributed by atoms with Crippen LogP contribution in [0.2, 0.25) is 0 Å². The summed E-state index contributed by atoms with van der Waals surface area (Å²) in [6, 6.07) is 6.34. The highest BCUT2D eigenvalue weighted by atomic mass is 79.9. The average Bonchev–Trinajstić information content (AvgIpc) is 2.05. The van der Waals surface area contributed by atoms with Gasteiger partial charge in [0.05, 0.1) is 5.69 Å². The minimum Gasteiger partial charge on any atom is -0.377 e. The molecule has 0 amide bonds. The van der Waals surface area contributed by atoms with Gasteiger partial charge >= 0.3 is 0 Å². The van der Waals surface area contributed by atoms with Crippen molar-refractivity contribution < 1.29 is 0 Å². The molecule has 0 aliphatic rings. The fourth-order valence-corrected chi connectivity index (χ4v) is 1.93. The van der Waals surface area contributed by atoms with Gasteiger partial charge in [0.25, 0.3) is 0 Å². The normalized spacial score (nSPS) is 10.0. The molecule has 0 unspecified atom stereocenters. The lowest BCUT2D eigenvalue weighted by Gasteiger charge is -2.15. The highest BCUT2D eigenvalue weighted by Gasteiger charge is 2.01. The molecule has 0 atom stereocenters. The van der Waals surface area contributed by atoms with Gasteiger partial charge in [-0.2, -0.15) is 0 Å². The summed E-state index contributed by atoms with van der Waals surface area (Å²) in [5.41, 5.74) is 2.51.